The van der Waals surface area contributed by atoms with Crippen molar-refractivity contribution in [2.75, 3.05) is 10.6 Å². The molecule has 4 heterocycles. The van der Waals surface area contributed by atoms with Gasteiger partial charge < -0.3 is 5.32 Å². The largest absolute Gasteiger partial charge is 0.325 e. The van der Waals surface area contributed by atoms with Crippen LogP contribution in [0.5, 0.6) is 0 Å². The van der Waals surface area contributed by atoms with Crippen molar-refractivity contribution in [3.63, 3.8) is 0 Å². The number of amides is 2. The molecule has 0 aliphatic rings. The second-order valence-electron chi connectivity index (χ2n) is 6.31. The summed E-state index contributed by atoms with van der Waals surface area (Å²) < 4.78 is 13.9. The molecule has 0 saturated carbocycles. The number of carbonyl (C=O) groups is 1. The maximum absolute atomic E-state index is 13.3. The molecule has 0 atom stereocenters. The fourth-order valence-corrected chi connectivity index (χ4v) is 5.63. The van der Waals surface area contributed by atoms with Crippen LogP contribution < -0.4 is 10.6 Å². The Morgan fingerprint density at radius 2 is 1.94 bits per heavy atom. The van der Waals surface area contributed by atoms with Gasteiger partial charge in [0.15, 0.2) is 4.34 Å². The molecule has 2 amide bonds. The lowest BCUT2D eigenvalue weighted by Crippen LogP contribution is -2.19. The third kappa shape index (κ3) is 4.42. The molecule has 8 nitrogen and oxygen atoms in total. The lowest BCUT2D eigenvalue weighted by atomic mass is 10.1. The van der Waals surface area contributed by atoms with Gasteiger partial charge in [0.2, 0.25) is 5.13 Å². The van der Waals surface area contributed by atoms with Gasteiger partial charge >= 0.3 is 6.03 Å². The average molecular weight is 482 g/mol. The first-order valence-corrected chi connectivity index (χ1v) is 11.6. The summed E-state index contributed by atoms with van der Waals surface area (Å²) in [6.45, 7) is 0. The fourth-order valence-electron chi connectivity index (χ4n) is 2.88. The van der Waals surface area contributed by atoms with Crippen molar-refractivity contribution in [1.29, 1.82) is 0 Å². The van der Waals surface area contributed by atoms with Gasteiger partial charge in [-0.1, -0.05) is 17.4 Å². The van der Waals surface area contributed by atoms with Crippen molar-refractivity contribution in [2.45, 2.75) is 9.37 Å². The summed E-state index contributed by atoms with van der Waals surface area (Å²) in [5.74, 6) is -0.437. The molecule has 0 aliphatic heterocycles. The monoisotopic (exact) mass is 481 g/mol. The molecule has 0 radical (unpaired) electrons. The van der Waals surface area contributed by atoms with Crippen molar-refractivity contribution in [3.8, 4) is 11.1 Å². The van der Waals surface area contributed by atoms with Gasteiger partial charge in [-0.05, 0) is 47.7 Å². The number of hydrogen-bond donors (Lipinski definition) is 2. The summed E-state index contributed by atoms with van der Waals surface area (Å²) in [5.41, 5.74) is 2.38. The van der Waals surface area contributed by atoms with Gasteiger partial charge in [-0.25, -0.2) is 19.2 Å². The number of halogens is 1. The molecule has 0 fully saturated rings. The van der Waals surface area contributed by atoms with Crippen LogP contribution in [0.4, 0.5) is 20.0 Å². The summed E-state index contributed by atoms with van der Waals surface area (Å²) in [4.78, 5) is 25.9. The van der Waals surface area contributed by atoms with Crippen molar-refractivity contribution in [1.82, 2.24) is 25.1 Å². The summed E-state index contributed by atoms with van der Waals surface area (Å²) >= 11 is 4.10. The SMILES string of the molecule is O=C(Nc1cccc(F)c1)Nc1nnc(Sc2ncnc3scc(-c4ccncc4)c23)s1. The summed E-state index contributed by atoms with van der Waals surface area (Å²) in [6, 6.07) is 8.96. The number of aromatic nitrogens is 5. The molecule has 0 bridgehead atoms. The quantitative estimate of drug-likeness (QED) is 0.251. The average Bonchev–Trinajstić information content (AvgIpc) is 3.42. The Kier molecular flexibility index (Phi) is 5.71. The number of nitrogens with zero attached hydrogens (tertiary/aromatic N) is 5. The number of benzene rings is 1. The number of rotatable bonds is 5. The first kappa shape index (κ1) is 20.4. The number of fused-ring (bicyclic) bond motifs is 1. The minimum atomic E-state index is -0.537. The molecule has 12 heteroatoms. The predicted octanol–water partition coefficient (Wildman–Crippen LogP) is 5.54. The fraction of sp³-hybridized carbons (Fsp3) is 0. The highest BCUT2D eigenvalue weighted by atomic mass is 32.2. The molecule has 1 aromatic carbocycles. The zero-order valence-corrected chi connectivity index (χ0v) is 18.5. The maximum atomic E-state index is 13.3. The molecule has 158 valence electrons. The normalized spacial score (nSPS) is 10.9. The van der Waals surface area contributed by atoms with E-state index in [0.717, 1.165) is 26.4 Å². The summed E-state index contributed by atoms with van der Waals surface area (Å²) in [7, 11) is 0. The number of anilines is 2. The van der Waals surface area contributed by atoms with Crippen LogP contribution in [0.3, 0.4) is 0 Å². The van der Waals surface area contributed by atoms with Gasteiger partial charge in [0.05, 0.1) is 5.39 Å². The van der Waals surface area contributed by atoms with Gasteiger partial charge in [-0.2, -0.15) is 0 Å². The van der Waals surface area contributed by atoms with E-state index in [1.54, 1.807) is 18.5 Å². The lowest BCUT2D eigenvalue weighted by molar-refractivity contribution is 0.262. The van der Waals surface area contributed by atoms with Crippen LogP contribution in [-0.2, 0) is 0 Å². The number of nitrogens with one attached hydrogen (secondary N) is 2. The van der Waals surface area contributed by atoms with Crippen LogP contribution in [0, 0.1) is 5.82 Å². The molecule has 0 aliphatic carbocycles. The number of urea groups is 1. The Morgan fingerprint density at radius 1 is 1.06 bits per heavy atom. The van der Waals surface area contributed by atoms with Gasteiger partial charge in [0, 0.05) is 29.0 Å². The van der Waals surface area contributed by atoms with E-state index in [1.165, 1.54) is 59.0 Å². The lowest BCUT2D eigenvalue weighted by Gasteiger charge is -2.04. The summed E-state index contributed by atoms with van der Waals surface area (Å²) in [6.07, 6.45) is 5.00. The van der Waals surface area contributed by atoms with Gasteiger partial charge in [-0.15, -0.1) is 21.5 Å². The first-order chi connectivity index (χ1) is 15.7. The molecule has 5 rings (SSSR count). The Balaban J connectivity index is 1.34. The van der Waals surface area contributed by atoms with Crippen LogP contribution >= 0.6 is 34.4 Å². The van der Waals surface area contributed by atoms with Crippen molar-refractivity contribution < 1.29 is 9.18 Å². The molecule has 0 spiro atoms. The molecule has 0 unspecified atom stereocenters. The zero-order chi connectivity index (χ0) is 21.9. The summed E-state index contributed by atoms with van der Waals surface area (Å²) in [5, 5.41) is 17.3. The van der Waals surface area contributed by atoms with Crippen molar-refractivity contribution in [2.24, 2.45) is 0 Å². The topological polar surface area (TPSA) is 106 Å². The van der Waals surface area contributed by atoms with E-state index < -0.39 is 11.8 Å². The highest BCUT2D eigenvalue weighted by molar-refractivity contribution is 8.01. The second-order valence-corrected chi connectivity index (χ2v) is 9.38. The number of thiophene rings is 1. The van der Waals surface area contributed by atoms with Gasteiger partial charge in [0.25, 0.3) is 0 Å². The molecule has 4 aromatic heterocycles. The third-order valence-corrected chi connectivity index (χ3v) is 7.00. The van der Waals surface area contributed by atoms with Gasteiger partial charge in [0.1, 0.15) is 22.0 Å². The van der Waals surface area contributed by atoms with Crippen LogP contribution in [0.1, 0.15) is 0 Å². The molecule has 5 aromatic rings. The highest BCUT2D eigenvalue weighted by Gasteiger charge is 2.16. The Hall–Kier alpha value is -3.48. The molecule has 0 saturated heterocycles. The highest BCUT2D eigenvalue weighted by Crippen LogP contribution is 2.40. The van der Waals surface area contributed by atoms with Crippen molar-refractivity contribution in [3.05, 3.63) is 66.3 Å². The molecule has 32 heavy (non-hydrogen) atoms. The minimum Gasteiger partial charge on any atom is -0.308 e. The zero-order valence-electron chi connectivity index (χ0n) is 16.0. The smallest absolute Gasteiger partial charge is 0.308 e. The first-order valence-electron chi connectivity index (χ1n) is 9.13. The van der Waals surface area contributed by atoms with Crippen LogP contribution in [0.15, 0.2) is 69.9 Å². The van der Waals surface area contributed by atoms with Crippen LogP contribution in [-0.4, -0.2) is 31.2 Å². The van der Waals surface area contributed by atoms with Crippen LogP contribution in [0.2, 0.25) is 0 Å². The second kappa shape index (κ2) is 8.94. The Bertz CT molecular complexity index is 1410. The van der Waals surface area contributed by atoms with E-state index in [-0.39, 0.29) is 0 Å². The van der Waals surface area contributed by atoms with E-state index in [4.69, 9.17) is 0 Å². The Labute approximate surface area is 193 Å². The minimum absolute atomic E-state index is 0.311. The van der Waals surface area contributed by atoms with Crippen molar-refractivity contribution >= 4 is 61.5 Å². The Morgan fingerprint density at radius 3 is 2.78 bits per heavy atom. The van der Waals surface area contributed by atoms with E-state index in [2.05, 4.69) is 35.8 Å². The van der Waals surface area contributed by atoms with Gasteiger partial charge in [-0.3, -0.25) is 10.3 Å². The van der Waals surface area contributed by atoms with E-state index in [1.807, 2.05) is 17.5 Å². The third-order valence-electron chi connectivity index (χ3n) is 4.22. The number of carbonyl (C=O) groups excluding carboxylic acids is 1. The van der Waals surface area contributed by atoms with E-state index in [0.29, 0.717) is 15.2 Å². The molecule has 2 N–H and O–H groups in total. The number of hydrogen-bond acceptors (Lipinski definition) is 9. The maximum Gasteiger partial charge on any atom is 0.325 e. The van der Waals surface area contributed by atoms with E-state index >= 15 is 0 Å². The van der Waals surface area contributed by atoms with E-state index in [9.17, 15) is 9.18 Å². The van der Waals surface area contributed by atoms with Crippen LogP contribution in [0.25, 0.3) is 21.3 Å². The molecular weight excluding hydrogens is 469 g/mol. The standard InChI is InChI=1S/C20H12FN7OS3/c21-12-2-1-3-13(8-12)25-18(29)26-19-27-28-20(32-19)31-17-15-14(11-4-6-22-7-5-11)9-30-16(15)23-10-24-17/h1-10H,(H2,25,26,27,29). The molecular formula is C20H12FN7OS3. The number of pyridine rings is 1. The predicted molar refractivity (Wildman–Crippen MR) is 124 cm³/mol.